The number of hydrogen-bond donors (Lipinski definition) is 1. The van der Waals surface area contributed by atoms with Crippen molar-refractivity contribution in [1.82, 2.24) is 10.2 Å². The average molecular weight is 322 g/mol. The third kappa shape index (κ3) is 4.76. The van der Waals surface area contributed by atoms with Gasteiger partial charge in [0.1, 0.15) is 5.82 Å². The Hall–Kier alpha value is -1.95. The molecule has 2 amide bonds. The number of morpholine rings is 1. The minimum atomic E-state index is -0.562. The van der Waals surface area contributed by atoms with Crippen molar-refractivity contribution >= 4 is 11.8 Å². The fourth-order valence-electron chi connectivity index (χ4n) is 2.72. The van der Waals surface area contributed by atoms with Crippen LogP contribution in [0.25, 0.3) is 0 Å². The second kappa shape index (κ2) is 8.62. The van der Waals surface area contributed by atoms with E-state index in [1.807, 2.05) is 4.90 Å². The lowest BCUT2D eigenvalue weighted by atomic mass is 10.1. The van der Waals surface area contributed by atoms with Gasteiger partial charge in [-0.2, -0.15) is 0 Å². The second-order valence-electron chi connectivity index (χ2n) is 5.59. The fourth-order valence-corrected chi connectivity index (χ4v) is 2.72. The lowest BCUT2D eigenvalue weighted by Gasteiger charge is -2.35. The Morgan fingerprint density at radius 3 is 2.91 bits per heavy atom. The van der Waals surface area contributed by atoms with Gasteiger partial charge in [-0.05, 0) is 18.6 Å². The van der Waals surface area contributed by atoms with Gasteiger partial charge in [0.25, 0.3) is 5.91 Å². The first kappa shape index (κ1) is 17.4. The lowest BCUT2D eigenvalue weighted by molar-refractivity contribution is -0.140. The SMILES string of the molecule is CCC[C@@H]1COCCN1C(=O)CCNC(=O)c1ccccc1F. The molecule has 0 aromatic heterocycles. The standard InChI is InChI=1S/C17H23FN2O3/c1-2-5-13-12-23-11-10-20(13)16(21)8-9-19-17(22)14-6-3-4-7-15(14)18/h3-4,6-7,13H,2,5,8-12H2,1H3,(H,19,22)/t13-/m1/s1. The van der Waals surface area contributed by atoms with Gasteiger partial charge in [0, 0.05) is 19.5 Å². The number of carbonyl (C=O) groups is 2. The minimum absolute atomic E-state index is 0.000540. The molecule has 1 heterocycles. The number of halogens is 1. The van der Waals surface area contributed by atoms with Gasteiger partial charge in [-0.1, -0.05) is 25.5 Å². The van der Waals surface area contributed by atoms with Gasteiger partial charge in [-0.15, -0.1) is 0 Å². The molecular weight excluding hydrogens is 299 g/mol. The van der Waals surface area contributed by atoms with Crippen molar-refractivity contribution in [3.8, 4) is 0 Å². The number of carbonyl (C=O) groups excluding carboxylic acids is 2. The van der Waals surface area contributed by atoms with E-state index in [1.165, 1.54) is 18.2 Å². The first-order valence-electron chi connectivity index (χ1n) is 8.03. The fraction of sp³-hybridized carbons (Fsp3) is 0.529. The normalized spacial score (nSPS) is 17.8. The van der Waals surface area contributed by atoms with Gasteiger partial charge >= 0.3 is 0 Å². The molecule has 0 bridgehead atoms. The molecule has 0 saturated carbocycles. The molecule has 2 rings (SSSR count). The van der Waals surface area contributed by atoms with Crippen LogP contribution >= 0.6 is 0 Å². The minimum Gasteiger partial charge on any atom is -0.377 e. The molecule has 1 aromatic rings. The molecule has 1 saturated heterocycles. The van der Waals surface area contributed by atoms with Crippen LogP contribution in [0.2, 0.25) is 0 Å². The molecule has 0 unspecified atom stereocenters. The quantitative estimate of drug-likeness (QED) is 0.871. The molecule has 1 N–H and O–H groups in total. The zero-order valence-corrected chi connectivity index (χ0v) is 13.4. The van der Waals surface area contributed by atoms with Crippen molar-refractivity contribution in [3.05, 3.63) is 35.6 Å². The van der Waals surface area contributed by atoms with Gasteiger partial charge in [-0.25, -0.2) is 4.39 Å². The van der Waals surface area contributed by atoms with E-state index in [0.29, 0.717) is 19.8 Å². The van der Waals surface area contributed by atoms with Crippen molar-refractivity contribution in [1.29, 1.82) is 0 Å². The Balaban J connectivity index is 1.82. The molecule has 1 atom stereocenters. The third-order valence-corrected chi connectivity index (χ3v) is 3.91. The Labute approximate surface area is 135 Å². The largest absolute Gasteiger partial charge is 0.377 e. The van der Waals surface area contributed by atoms with E-state index >= 15 is 0 Å². The van der Waals surface area contributed by atoms with Crippen LogP contribution in [0.5, 0.6) is 0 Å². The first-order chi connectivity index (χ1) is 11.1. The topological polar surface area (TPSA) is 58.6 Å². The van der Waals surface area contributed by atoms with E-state index in [-0.39, 0.29) is 30.5 Å². The number of nitrogens with one attached hydrogen (secondary N) is 1. The highest BCUT2D eigenvalue weighted by molar-refractivity contribution is 5.94. The number of ether oxygens (including phenoxy) is 1. The second-order valence-corrected chi connectivity index (χ2v) is 5.59. The summed E-state index contributed by atoms with van der Waals surface area (Å²) in [7, 11) is 0. The predicted octanol–water partition coefficient (Wildman–Crippen LogP) is 1.97. The monoisotopic (exact) mass is 322 g/mol. The molecule has 5 nitrogen and oxygen atoms in total. The zero-order chi connectivity index (χ0) is 16.7. The molecule has 0 aliphatic carbocycles. The summed E-state index contributed by atoms with van der Waals surface area (Å²) in [6.45, 7) is 3.98. The maximum Gasteiger partial charge on any atom is 0.254 e. The summed E-state index contributed by atoms with van der Waals surface area (Å²) in [6.07, 6.45) is 2.11. The maximum atomic E-state index is 13.5. The van der Waals surface area contributed by atoms with Crippen LogP contribution in [0.4, 0.5) is 4.39 Å². The van der Waals surface area contributed by atoms with E-state index in [1.54, 1.807) is 6.07 Å². The molecule has 1 aromatic carbocycles. The lowest BCUT2D eigenvalue weighted by Crippen LogP contribution is -2.49. The molecule has 0 radical (unpaired) electrons. The molecule has 6 heteroatoms. The van der Waals surface area contributed by atoms with Crippen molar-refractivity contribution in [2.75, 3.05) is 26.3 Å². The van der Waals surface area contributed by atoms with E-state index in [9.17, 15) is 14.0 Å². The number of amides is 2. The Morgan fingerprint density at radius 1 is 1.39 bits per heavy atom. The van der Waals surface area contributed by atoms with E-state index in [0.717, 1.165) is 12.8 Å². The van der Waals surface area contributed by atoms with Gasteiger partial charge in [0.2, 0.25) is 5.91 Å². The maximum absolute atomic E-state index is 13.5. The average Bonchev–Trinajstić information content (AvgIpc) is 2.56. The molecule has 1 fully saturated rings. The Kier molecular flexibility index (Phi) is 6.52. The summed E-state index contributed by atoms with van der Waals surface area (Å²) in [6, 6.07) is 5.91. The van der Waals surface area contributed by atoms with Crippen molar-refractivity contribution in [3.63, 3.8) is 0 Å². The molecular formula is C17H23FN2O3. The van der Waals surface area contributed by atoms with E-state index in [4.69, 9.17) is 4.74 Å². The van der Waals surface area contributed by atoms with Gasteiger partial charge in [0.15, 0.2) is 0 Å². The van der Waals surface area contributed by atoms with Gasteiger partial charge in [0.05, 0.1) is 24.8 Å². The van der Waals surface area contributed by atoms with Crippen LogP contribution in [0.1, 0.15) is 36.5 Å². The highest BCUT2D eigenvalue weighted by Gasteiger charge is 2.26. The van der Waals surface area contributed by atoms with Crippen molar-refractivity contribution < 1.29 is 18.7 Å². The van der Waals surface area contributed by atoms with Crippen LogP contribution in [0.3, 0.4) is 0 Å². The van der Waals surface area contributed by atoms with Gasteiger partial charge < -0.3 is 15.0 Å². The molecule has 23 heavy (non-hydrogen) atoms. The summed E-state index contributed by atoms with van der Waals surface area (Å²) >= 11 is 0. The van der Waals surface area contributed by atoms with Crippen molar-refractivity contribution in [2.24, 2.45) is 0 Å². The molecule has 1 aliphatic heterocycles. The van der Waals surface area contributed by atoms with E-state index < -0.39 is 11.7 Å². The molecule has 0 spiro atoms. The Morgan fingerprint density at radius 2 is 2.17 bits per heavy atom. The van der Waals surface area contributed by atoms with Crippen LogP contribution in [-0.2, 0) is 9.53 Å². The van der Waals surface area contributed by atoms with E-state index in [2.05, 4.69) is 12.2 Å². The highest BCUT2D eigenvalue weighted by atomic mass is 19.1. The summed E-state index contributed by atoms with van der Waals surface area (Å²) in [5, 5.41) is 2.60. The summed E-state index contributed by atoms with van der Waals surface area (Å²) in [4.78, 5) is 26.0. The number of rotatable bonds is 6. The van der Waals surface area contributed by atoms with Crippen molar-refractivity contribution in [2.45, 2.75) is 32.2 Å². The zero-order valence-electron chi connectivity index (χ0n) is 13.4. The van der Waals surface area contributed by atoms with Crippen LogP contribution < -0.4 is 5.32 Å². The van der Waals surface area contributed by atoms with Crippen LogP contribution in [-0.4, -0.2) is 49.1 Å². The predicted molar refractivity (Wildman–Crippen MR) is 84.6 cm³/mol. The number of benzene rings is 1. The Bertz CT molecular complexity index is 548. The first-order valence-corrected chi connectivity index (χ1v) is 8.03. The summed E-state index contributed by atoms with van der Waals surface area (Å²) in [5.41, 5.74) is -0.00446. The smallest absolute Gasteiger partial charge is 0.254 e. The van der Waals surface area contributed by atoms with Gasteiger partial charge in [-0.3, -0.25) is 9.59 Å². The summed E-state index contributed by atoms with van der Waals surface area (Å²) in [5.74, 6) is -1.06. The molecule has 126 valence electrons. The highest BCUT2D eigenvalue weighted by Crippen LogP contribution is 2.13. The molecule has 1 aliphatic rings. The third-order valence-electron chi connectivity index (χ3n) is 3.91. The van der Waals surface area contributed by atoms with Crippen LogP contribution in [0.15, 0.2) is 24.3 Å². The summed E-state index contributed by atoms with van der Waals surface area (Å²) < 4.78 is 18.9. The number of nitrogens with zero attached hydrogens (tertiary/aromatic N) is 1. The van der Waals surface area contributed by atoms with Crippen LogP contribution in [0, 0.1) is 5.82 Å². The number of hydrogen-bond acceptors (Lipinski definition) is 3.